The first kappa shape index (κ1) is 16.1. The van der Waals surface area contributed by atoms with E-state index in [0.717, 1.165) is 24.3 Å². The summed E-state index contributed by atoms with van der Waals surface area (Å²) in [5, 5.41) is 3.51. The molecule has 2 aliphatic heterocycles. The fourth-order valence-corrected chi connectivity index (χ4v) is 3.06. The van der Waals surface area contributed by atoms with Gasteiger partial charge in [-0.25, -0.2) is 14.8 Å². The zero-order chi connectivity index (χ0) is 17.2. The van der Waals surface area contributed by atoms with Crippen LogP contribution in [0.3, 0.4) is 0 Å². The number of benzene rings is 1. The van der Waals surface area contributed by atoms with Crippen molar-refractivity contribution in [1.29, 1.82) is 0 Å². The number of hydrogen-bond acceptors (Lipinski definition) is 5. The number of nitrogens with one attached hydrogen (secondary N) is 1. The van der Waals surface area contributed by atoms with E-state index in [0.29, 0.717) is 43.0 Å². The van der Waals surface area contributed by atoms with Gasteiger partial charge in [0.1, 0.15) is 0 Å². The molecule has 0 radical (unpaired) electrons. The molecule has 2 amide bonds. The van der Waals surface area contributed by atoms with Gasteiger partial charge in [0.25, 0.3) is 0 Å². The molecule has 7 nitrogen and oxygen atoms in total. The number of carbonyl (C=O) groups is 1. The molecule has 1 aromatic heterocycles. The predicted molar refractivity (Wildman–Crippen MR) is 94.8 cm³/mol. The van der Waals surface area contributed by atoms with Crippen LogP contribution in [-0.4, -0.2) is 47.2 Å². The number of fused-ring (bicyclic) bond motifs is 1. The SMILES string of the molecule is O=C(Nc1ccc(Cl)cc1)N1Cc2cnc(N3CCOCC3)nc2C1. The smallest absolute Gasteiger partial charge is 0.322 e. The summed E-state index contributed by atoms with van der Waals surface area (Å²) in [7, 11) is 0. The van der Waals surface area contributed by atoms with Crippen molar-refractivity contribution in [1.82, 2.24) is 14.9 Å². The molecular formula is C17H18ClN5O2. The Bertz CT molecular complexity index is 777. The van der Waals surface area contributed by atoms with Crippen LogP contribution in [-0.2, 0) is 17.8 Å². The number of morpholine rings is 1. The van der Waals surface area contributed by atoms with Crippen molar-refractivity contribution in [3.63, 3.8) is 0 Å². The normalized spacial score (nSPS) is 16.7. The van der Waals surface area contributed by atoms with Gasteiger partial charge in [-0.2, -0.15) is 0 Å². The van der Waals surface area contributed by atoms with Crippen LogP contribution in [0.4, 0.5) is 16.4 Å². The third-order valence-corrected chi connectivity index (χ3v) is 4.57. The lowest BCUT2D eigenvalue weighted by Crippen LogP contribution is -2.37. The molecule has 0 unspecified atom stereocenters. The van der Waals surface area contributed by atoms with Gasteiger partial charge in [-0.3, -0.25) is 0 Å². The highest BCUT2D eigenvalue weighted by atomic mass is 35.5. The Morgan fingerprint density at radius 3 is 2.68 bits per heavy atom. The third-order valence-electron chi connectivity index (χ3n) is 4.32. The van der Waals surface area contributed by atoms with E-state index in [1.165, 1.54) is 0 Å². The maximum Gasteiger partial charge on any atom is 0.322 e. The number of aromatic nitrogens is 2. The topological polar surface area (TPSA) is 70.6 Å². The molecule has 4 rings (SSSR count). The predicted octanol–water partition coefficient (Wildman–Crippen LogP) is 2.51. The number of ether oxygens (including phenoxy) is 1. The van der Waals surface area contributed by atoms with Gasteiger partial charge in [0, 0.05) is 35.6 Å². The van der Waals surface area contributed by atoms with E-state index in [2.05, 4.69) is 20.2 Å². The Hall–Kier alpha value is -2.38. The largest absolute Gasteiger partial charge is 0.378 e. The monoisotopic (exact) mass is 359 g/mol. The molecule has 2 aliphatic rings. The summed E-state index contributed by atoms with van der Waals surface area (Å²) in [5.74, 6) is 0.710. The Balaban J connectivity index is 1.43. The van der Waals surface area contributed by atoms with Crippen LogP contribution < -0.4 is 10.2 Å². The summed E-state index contributed by atoms with van der Waals surface area (Å²) < 4.78 is 5.36. The minimum Gasteiger partial charge on any atom is -0.378 e. The molecule has 0 aliphatic carbocycles. The van der Waals surface area contributed by atoms with Crippen molar-refractivity contribution in [2.75, 3.05) is 36.5 Å². The minimum absolute atomic E-state index is 0.159. The van der Waals surface area contributed by atoms with Gasteiger partial charge < -0.3 is 19.9 Å². The van der Waals surface area contributed by atoms with Crippen molar-refractivity contribution in [2.45, 2.75) is 13.1 Å². The standard InChI is InChI=1S/C17H18ClN5O2/c18-13-1-3-14(4-2-13)20-17(24)23-10-12-9-19-16(21-15(12)11-23)22-5-7-25-8-6-22/h1-4,9H,5-8,10-11H2,(H,20,24). The number of hydrogen-bond donors (Lipinski definition) is 1. The van der Waals surface area contributed by atoms with Crippen molar-refractivity contribution in [3.05, 3.63) is 46.7 Å². The molecule has 1 fully saturated rings. The molecule has 3 heterocycles. The molecule has 2 aromatic rings. The Morgan fingerprint density at radius 2 is 1.92 bits per heavy atom. The maximum absolute atomic E-state index is 12.5. The van der Waals surface area contributed by atoms with Gasteiger partial charge in [-0.15, -0.1) is 0 Å². The number of halogens is 1. The lowest BCUT2D eigenvalue weighted by Gasteiger charge is -2.26. The number of nitrogens with zero attached hydrogens (tertiary/aromatic N) is 4. The molecule has 0 bridgehead atoms. The van der Waals surface area contributed by atoms with Gasteiger partial charge in [0.2, 0.25) is 5.95 Å². The zero-order valence-electron chi connectivity index (χ0n) is 13.6. The number of urea groups is 1. The molecule has 1 aromatic carbocycles. The average molecular weight is 360 g/mol. The summed E-state index contributed by atoms with van der Waals surface area (Å²) in [6, 6.07) is 6.89. The maximum atomic E-state index is 12.5. The highest BCUT2D eigenvalue weighted by Crippen LogP contribution is 2.24. The van der Waals surface area contributed by atoms with E-state index in [-0.39, 0.29) is 6.03 Å². The van der Waals surface area contributed by atoms with Crippen molar-refractivity contribution in [2.24, 2.45) is 0 Å². The Kier molecular flexibility index (Phi) is 4.42. The zero-order valence-corrected chi connectivity index (χ0v) is 14.4. The lowest BCUT2D eigenvalue weighted by atomic mass is 10.3. The Labute approximate surface area is 150 Å². The van der Waals surface area contributed by atoms with Crippen molar-refractivity contribution >= 4 is 29.3 Å². The van der Waals surface area contributed by atoms with Gasteiger partial charge in [-0.1, -0.05) is 11.6 Å². The lowest BCUT2D eigenvalue weighted by molar-refractivity contribution is 0.122. The van der Waals surface area contributed by atoms with Crippen molar-refractivity contribution in [3.8, 4) is 0 Å². The summed E-state index contributed by atoms with van der Waals surface area (Å²) >= 11 is 5.86. The van der Waals surface area contributed by atoms with E-state index >= 15 is 0 Å². The summed E-state index contributed by atoms with van der Waals surface area (Å²) in [6.45, 7) is 3.96. The molecule has 0 saturated carbocycles. The molecule has 1 N–H and O–H groups in total. The minimum atomic E-state index is -0.159. The van der Waals surface area contributed by atoms with Crippen LogP contribution in [0.25, 0.3) is 0 Å². The van der Waals surface area contributed by atoms with E-state index in [4.69, 9.17) is 16.3 Å². The second-order valence-electron chi connectivity index (χ2n) is 6.03. The summed E-state index contributed by atoms with van der Waals surface area (Å²) in [4.78, 5) is 25.4. The first-order valence-electron chi connectivity index (χ1n) is 8.18. The first-order valence-corrected chi connectivity index (χ1v) is 8.56. The summed E-state index contributed by atoms with van der Waals surface area (Å²) in [5.41, 5.74) is 2.61. The van der Waals surface area contributed by atoms with E-state index in [1.807, 2.05) is 6.20 Å². The quantitative estimate of drug-likeness (QED) is 0.892. The third kappa shape index (κ3) is 3.52. The molecular weight excluding hydrogens is 342 g/mol. The summed E-state index contributed by atoms with van der Waals surface area (Å²) in [6.07, 6.45) is 1.82. The van der Waals surface area contributed by atoms with Crippen LogP contribution in [0.5, 0.6) is 0 Å². The average Bonchev–Trinajstić information content (AvgIpc) is 3.08. The highest BCUT2D eigenvalue weighted by Gasteiger charge is 2.26. The van der Waals surface area contributed by atoms with Gasteiger partial charge in [0.05, 0.1) is 32.0 Å². The van der Waals surface area contributed by atoms with Crippen LogP contribution in [0, 0.1) is 0 Å². The second-order valence-corrected chi connectivity index (χ2v) is 6.47. The number of amides is 2. The number of rotatable bonds is 2. The molecule has 25 heavy (non-hydrogen) atoms. The second kappa shape index (κ2) is 6.85. The van der Waals surface area contributed by atoms with E-state index < -0.39 is 0 Å². The van der Waals surface area contributed by atoms with Gasteiger partial charge in [0.15, 0.2) is 0 Å². The number of anilines is 2. The Morgan fingerprint density at radius 1 is 1.16 bits per heavy atom. The fourth-order valence-electron chi connectivity index (χ4n) is 2.94. The van der Waals surface area contributed by atoms with Crippen LogP contribution >= 0.6 is 11.6 Å². The molecule has 0 atom stereocenters. The molecule has 1 saturated heterocycles. The first-order chi connectivity index (χ1) is 12.2. The van der Waals surface area contributed by atoms with Crippen molar-refractivity contribution < 1.29 is 9.53 Å². The fraction of sp³-hybridized carbons (Fsp3) is 0.353. The van der Waals surface area contributed by atoms with E-state index in [9.17, 15) is 4.79 Å². The van der Waals surface area contributed by atoms with E-state index in [1.54, 1.807) is 29.2 Å². The van der Waals surface area contributed by atoms with Gasteiger partial charge in [-0.05, 0) is 24.3 Å². The highest BCUT2D eigenvalue weighted by molar-refractivity contribution is 6.30. The van der Waals surface area contributed by atoms with Crippen LogP contribution in [0.15, 0.2) is 30.5 Å². The molecule has 130 valence electrons. The molecule has 0 spiro atoms. The van der Waals surface area contributed by atoms with Crippen LogP contribution in [0.1, 0.15) is 11.3 Å². The molecule has 8 heteroatoms. The number of carbonyl (C=O) groups excluding carboxylic acids is 1. The van der Waals surface area contributed by atoms with Crippen LogP contribution in [0.2, 0.25) is 5.02 Å². The van der Waals surface area contributed by atoms with Gasteiger partial charge >= 0.3 is 6.03 Å².